The summed E-state index contributed by atoms with van der Waals surface area (Å²) in [5, 5.41) is 6.97. The summed E-state index contributed by atoms with van der Waals surface area (Å²) in [6.07, 6.45) is 5.23. The summed E-state index contributed by atoms with van der Waals surface area (Å²) >= 11 is 0. The van der Waals surface area contributed by atoms with Crippen LogP contribution in [0.5, 0.6) is 0 Å². The van der Waals surface area contributed by atoms with Crippen molar-refractivity contribution in [3.63, 3.8) is 0 Å². The van der Waals surface area contributed by atoms with Crippen molar-refractivity contribution in [1.29, 1.82) is 0 Å². The number of benzene rings is 1. The lowest BCUT2D eigenvalue weighted by atomic mass is 9.98. The van der Waals surface area contributed by atoms with Gasteiger partial charge in [0.2, 0.25) is 10.0 Å². The third-order valence-electron chi connectivity index (χ3n) is 5.85. The van der Waals surface area contributed by atoms with Crippen molar-refractivity contribution < 1.29 is 8.42 Å². The number of aliphatic imine (C=N–C) groups is 1. The number of nitrogens with zero attached hydrogens (tertiary/aromatic N) is 3. The van der Waals surface area contributed by atoms with E-state index in [1.807, 2.05) is 0 Å². The van der Waals surface area contributed by atoms with E-state index in [0.29, 0.717) is 25.0 Å². The summed E-state index contributed by atoms with van der Waals surface area (Å²) in [4.78, 5) is 7.25. The first-order valence-corrected chi connectivity index (χ1v) is 12.6. The molecule has 2 heterocycles. The molecule has 0 amide bonds. The van der Waals surface area contributed by atoms with Gasteiger partial charge in [0.15, 0.2) is 5.96 Å². The summed E-state index contributed by atoms with van der Waals surface area (Å²) in [6, 6.07) is 11.0. The average molecular weight is 550 g/mol. The fourth-order valence-electron chi connectivity index (χ4n) is 4.08. The SMILES string of the molecule is CCNC(=NCC1CCN(S(C)(=O)=O)CC1)NC1CCN(c2ccccc2)CC1.I. The number of sulfonamides is 1. The van der Waals surface area contributed by atoms with Crippen molar-refractivity contribution >= 4 is 45.6 Å². The zero-order valence-corrected chi connectivity index (χ0v) is 21.2. The second-order valence-electron chi connectivity index (χ2n) is 8.07. The largest absolute Gasteiger partial charge is 0.371 e. The highest BCUT2D eigenvalue weighted by atomic mass is 127. The minimum absolute atomic E-state index is 0. The maximum atomic E-state index is 11.7. The van der Waals surface area contributed by atoms with Crippen molar-refractivity contribution in [2.45, 2.75) is 38.6 Å². The van der Waals surface area contributed by atoms with Gasteiger partial charge in [0, 0.05) is 51.0 Å². The molecule has 0 saturated carbocycles. The van der Waals surface area contributed by atoms with Gasteiger partial charge in [-0.25, -0.2) is 12.7 Å². The molecule has 1 aromatic carbocycles. The van der Waals surface area contributed by atoms with Gasteiger partial charge in [-0.1, -0.05) is 18.2 Å². The molecule has 7 nitrogen and oxygen atoms in total. The molecule has 1 aromatic rings. The summed E-state index contributed by atoms with van der Waals surface area (Å²) in [7, 11) is -3.06. The first-order chi connectivity index (χ1) is 14.0. The van der Waals surface area contributed by atoms with Crippen LogP contribution in [0, 0.1) is 5.92 Å². The van der Waals surface area contributed by atoms with Gasteiger partial charge < -0.3 is 15.5 Å². The molecule has 2 aliphatic rings. The zero-order valence-electron chi connectivity index (χ0n) is 18.1. The first kappa shape index (κ1) is 25.2. The Bertz CT molecular complexity index is 759. The number of hydrogen-bond donors (Lipinski definition) is 2. The van der Waals surface area contributed by atoms with E-state index in [1.165, 1.54) is 11.9 Å². The summed E-state index contributed by atoms with van der Waals surface area (Å²) < 4.78 is 24.9. The standard InChI is InChI=1S/C21H35N5O2S.HI/c1-3-22-21(23-17-18-9-15-26(16-10-18)29(2,27)28)24-19-11-13-25(14-12-19)20-7-5-4-6-8-20;/h4-8,18-19H,3,9-17H2,1-2H3,(H2,22,23,24);1H. The highest BCUT2D eigenvalue weighted by Crippen LogP contribution is 2.20. The van der Waals surface area contributed by atoms with Gasteiger partial charge >= 0.3 is 0 Å². The molecule has 3 rings (SSSR count). The van der Waals surface area contributed by atoms with Gasteiger partial charge in [-0.3, -0.25) is 4.99 Å². The Labute approximate surface area is 198 Å². The molecule has 9 heteroatoms. The van der Waals surface area contributed by atoms with Gasteiger partial charge in [0.25, 0.3) is 0 Å². The summed E-state index contributed by atoms with van der Waals surface area (Å²) in [5.41, 5.74) is 1.30. The van der Waals surface area contributed by atoms with Crippen LogP contribution in [-0.2, 0) is 10.0 Å². The van der Waals surface area contributed by atoms with Crippen LogP contribution < -0.4 is 15.5 Å². The van der Waals surface area contributed by atoms with Crippen molar-refractivity contribution in [1.82, 2.24) is 14.9 Å². The first-order valence-electron chi connectivity index (χ1n) is 10.8. The Balaban J connectivity index is 0.00000320. The van der Waals surface area contributed by atoms with E-state index in [0.717, 1.165) is 57.8 Å². The fraction of sp³-hybridized carbons (Fsp3) is 0.667. The molecule has 30 heavy (non-hydrogen) atoms. The smallest absolute Gasteiger partial charge is 0.211 e. The lowest BCUT2D eigenvalue weighted by molar-refractivity contribution is 0.280. The molecule has 0 atom stereocenters. The van der Waals surface area contributed by atoms with Crippen LogP contribution in [0.2, 0.25) is 0 Å². The van der Waals surface area contributed by atoms with Gasteiger partial charge in [-0.05, 0) is 50.7 Å². The summed E-state index contributed by atoms with van der Waals surface area (Å²) in [6.45, 7) is 6.98. The average Bonchev–Trinajstić information content (AvgIpc) is 2.73. The van der Waals surface area contributed by atoms with Crippen LogP contribution in [0.25, 0.3) is 0 Å². The lowest BCUT2D eigenvalue weighted by Gasteiger charge is -2.34. The predicted octanol–water partition coefficient (Wildman–Crippen LogP) is 2.50. The number of rotatable bonds is 6. The van der Waals surface area contributed by atoms with Crippen LogP contribution in [0.4, 0.5) is 5.69 Å². The monoisotopic (exact) mass is 549 g/mol. The van der Waals surface area contributed by atoms with Crippen molar-refractivity contribution in [2.75, 3.05) is 50.4 Å². The molecule has 0 aromatic heterocycles. The topological polar surface area (TPSA) is 77.0 Å². The quantitative estimate of drug-likeness (QED) is 0.324. The zero-order chi connectivity index (χ0) is 20.7. The molecule has 2 aliphatic heterocycles. The predicted molar refractivity (Wildman–Crippen MR) is 135 cm³/mol. The molecule has 0 spiro atoms. The second-order valence-corrected chi connectivity index (χ2v) is 10.0. The third kappa shape index (κ3) is 7.56. The number of hydrogen-bond acceptors (Lipinski definition) is 4. The molecule has 2 fully saturated rings. The van der Waals surface area contributed by atoms with E-state index >= 15 is 0 Å². The molecular weight excluding hydrogens is 513 g/mol. The number of piperidine rings is 2. The van der Waals surface area contributed by atoms with E-state index in [2.05, 4.69) is 52.8 Å². The lowest BCUT2D eigenvalue weighted by Crippen LogP contribution is -2.49. The van der Waals surface area contributed by atoms with Gasteiger partial charge in [0.05, 0.1) is 6.26 Å². The maximum Gasteiger partial charge on any atom is 0.211 e. The minimum Gasteiger partial charge on any atom is -0.371 e. The molecule has 0 bridgehead atoms. The Hall–Kier alpha value is -1.07. The van der Waals surface area contributed by atoms with Crippen LogP contribution >= 0.6 is 24.0 Å². The maximum absolute atomic E-state index is 11.7. The van der Waals surface area contributed by atoms with Crippen LogP contribution in [0.1, 0.15) is 32.6 Å². The number of para-hydroxylation sites is 1. The Morgan fingerprint density at radius 2 is 1.70 bits per heavy atom. The number of guanidine groups is 1. The van der Waals surface area contributed by atoms with E-state index in [9.17, 15) is 8.42 Å². The van der Waals surface area contributed by atoms with E-state index in [-0.39, 0.29) is 24.0 Å². The molecular formula is C21H36IN5O2S. The minimum atomic E-state index is -3.06. The van der Waals surface area contributed by atoms with E-state index in [4.69, 9.17) is 4.99 Å². The summed E-state index contributed by atoms with van der Waals surface area (Å²) in [5.74, 6) is 1.33. The highest BCUT2D eigenvalue weighted by molar-refractivity contribution is 14.0. The fourth-order valence-corrected chi connectivity index (χ4v) is 4.95. The Kier molecular flexibility index (Phi) is 10.2. The van der Waals surface area contributed by atoms with Crippen LogP contribution in [0.15, 0.2) is 35.3 Å². The van der Waals surface area contributed by atoms with E-state index in [1.54, 1.807) is 4.31 Å². The Morgan fingerprint density at radius 3 is 2.27 bits per heavy atom. The normalized spacial score (nSPS) is 19.9. The van der Waals surface area contributed by atoms with Crippen LogP contribution in [-0.4, -0.2) is 70.2 Å². The molecule has 2 saturated heterocycles. The molecule has 0 aliphatic carbocycles. The number of anilines is 1. The molecule has 2 N–H and O–H groups in total. The van der Waals surface area contributed by atoms with Crippen molar-refractivity contribution in [2.24, 2.45) is 10.9 Å². The van der Waals surface area contributed by atoms with Gasteiger partial charge in [-0.15, -0.1) is 24.0 Å². The highest BCUT2D eigenvalue weighted by Gasteiger charge is 2.25. The van der Waals surface area contributed by atoms with Gasteiger partial charge in [-0.2, -0.15) is 0 Å². The van der Waals surface area contributed by atoms with Crippen molar-refractivity contribution in [3.05, 3.63) is 30.3 Å². The molecule has 170 valence electrons. The van der Waals surface area contributed by atoms with Crippen molar-refractivity contribution in [3.8, 4) is 0 Å². The van der Waals surface area contributed by atoms with Gasteiger partial charge in [0.1, 0.15) is 0 Å². The molecule has 0 unspecified atom stereocenters. The molecule has 0 radical (unpaired) electrons. The Morgan fingerprint density at radius 1 is 1.07 bits per heavy atom. The van der Waals surface area contributed by atoms with E-state index < -0.39 is 10.0 Å². The number of halogens is 1. The third-order valence-corrected chi connectivity index (χ3v) is 7.15. The second kappa shape index (κ2) is 12.1. The number of nitrogens with one attached hydrogen (secondary N) is 2. The van der Waals surface area contributed by atoms with Crippen LogP contribution in [0.3, 0.4) is 0 Å².